The summed E-state index contributed by atoms with van der Waals surface area (Å²) in [5.74, 6) is -1.50. The zero-order chi connectivity index (χ0) is 27.8. The van der Waals surface area contributed by atoms with Crippen LogP contribution in [0.2, 0.25) is 0 Å². The zero-order valence-corrected chi connectivity index (χ0v) is 21.7. The van der Waals surface area contributed by atoms with Gasteiger partial charge in [0.15, 0.2) is 0 Å². The quantitative estimate of drug-likeness (QED) is 0.402. The molecule has 37 heavy (non-hydrogen) atoms. The Morgan fingerprint density at radius 2 is 1.76 bits per heavy atom. The standard InChI is InChI=1S/C25H31F4N3O4S/c1-4-14-30-24(34)18(2)31(17-19-9-5-6-12-22(19)26)23(33)13-8-15-32(37(3,35)36)21-11-7-10-20(16-21)25(27,28)29/h5-7,9-12,16,18H,4,8,13-15,17H2,1-3H3,(H,30,34)/t18-/m1/s1. The second-order valence-electron chi connectivity index (χ2n) is 8.57. The summed E-state index contributed by atoms with van der Waals surface area (Å²) in [6.45, 7) is 3.32. The predicted molar refractivity (Wildman–Crippen MR) is 133 cm³/mol. The Morgan fingerprint density at radius 3 is 2.35 bits per heavy atom. The van der Waals surface area contributed by atoms with Crippen molar-refractivity contribution < 1.29 is 35.6 Å². The molecule has 0 fully saturated rings. The van der Waals surface area contributed by atoms with Crippen molar-refractivity contribution in [2.45, 2.75) is 51.9 Å². The van der Waals surface area contributed by atoms with Crippen LogP contribution < -0.4 is 9.62 Å². The fraction of sp³-hybridized carbons (Fsp3) is 0.440. The summed E-state index contributed by atoms with van der Waals surface area (Å²) < 4.78 is 79.1. The number of rotatable bonds is 12. The maximum Gasteiger partial charge on any atom is 0.416 e. The summed E-state index contributed by atoms with van der Waals surface area (Å²) in [5.41, 5.74) is -0.981. The van der Waals surface area contributed by atoms with Crippen molar-refractivity contribution in [1.29, 1.82) is 0 Å². The first kappa shape index (κ1) is 30.1. The predicted octanol–water partition coefficient (Wildman–Crippen LogP) is 4.33. The number of hydrogen-bond acceptors (Lipinski definition) is 4. The third-order valence-corrected chi connectivity index (χ3v) is 6.82. The number of halogens is 4. The molecule has 2 amide bonds. The van der Waals surface area contributed by atoms with Crippen LogP contribution in [0.1, 0.15) is 44.2 Å². The van der Waals surface area contributed by atoms with Crippen molar-refractivity contribution >= 4 is 27.5 Å². The van der Waals surface area contributed by atoms with Gasteiger partial charge in [-0.15, -0.1) is 0 Å². The molecule has 0 spiro atoms. The lowest BCUT2D eigenvalue weighted by Gasteiger charge is -2.29. The minimum absolute atomic E-state index is 0.0424. The Kier molecular flexibility index (Phi) is 10.5. The van der Waals surface area contributed by atoms with E-state index in [0.717, 1.165) is 28.8 Å². The van der Waals surface area contributed by atoms with E-state index in [0.29, 0.717) is 13.0 Å². The highest BCUT2D eigenvalue weighted by Gasteiger charge is 2.32. The van der Waals surface area contributed by atoms with E-state index in [9.17, 15) is 35.6 Å². The van der Waals surface area contributed by atoms with Gasteiger partial charge >= 0.3 is 6.18 Å². The molecule has 0 bridgehead atoms. The molecule has 1 atom stereocenters. The Labute approximate surface area is 214 Å². The van der Waals surface area contributed by atoms with Crippen molar-refractivity contribution in [1.82, 2.24) is 10.2 Å². The minimum atomic E-state index is -4.66. The first-order valence-electron chi connectivity index (χ1n) is 11.7. The largest absolute Gasteiger partial charge is 0.416 e. The third kappa shape index (κ3) is 8.73. The van der Waals surface area contributed by atoms with E-state index in [1.165, 1.54) is 36.1 Å². The molecule has 2 aromatic carbocycles. The highest BCUT2D eigenvalue weighted by molar-refractivity contribution is 7.92. The van der Waals surface area contributed by atoms with E-state index < -0.39 is 45.4 Å². The highest BCUT2D eigenvalue weighted by atomic mass is 32.2. The van der Waals surface area contributed by atoms with Gasteiger partial charge in [0.05, 0.1) is 17.5 Å². The smallest absolute Gasteiger partial charge is 0.354 e. The second kappa shape index (κ2) is 12.9. The number of carbonyl (C=O) groups excluding carboxylic acids is 2. The van der Waals surface area contributed by atoms with Gasteiger partial charge in [-0.05, 0) is 44.0 Å². The van der Waals surface area contributed by atoms with Gasteiger partial charge in [0.25, 0.3) is 0 Å². The van der Waals surface area contributed by atoms with Crippen molar-refractivity contribution in [2.24, 2.45) is 0 Å². The number of benzene rings is 2. The molecule has 0 saturated carbocycles. The number of hydrogen-bond donors (Lipinski definition) is 1. The minimum Gasteiger partial charge on any atom is -0.354 e. The van der Waals surface area contributed by atoms with Crippen molar-refractivity contribution in [3.05, 3.63) is 65.5 Å². The molecule has 0 saturated heterocycles. The van der Waals surface area contributed by atoms with Gasteiger partial charge in [-0.25, -0.2) is 12.8 Å². The molecule has 0 radical (unpaired) electrons. The number of anilines is 1. The number of alkyl halides is 3. The van der Waals surface area contributed by atoms with Gasteiger partial charge in [0, 0.05) is 31.6 Å². The van der Waals surface area contributed by atoms with Gasteiger partial charge in [-0.3, -0.25) is 13.9 Å². The summed E-state index contributed by atoms with van der Waals surface area (Å²) in [5, 5.41) is 2.69. The van der Waals surface area contributed by atoms with Crippen LogP contribution in [0.3, 0.4) is 0 Å². The van der Waals surface area contributed by atoms with Gasteiger partial charge in [-0.2, -0.15) is 13.2 Å². The topological polar surface area (TPSA) is 86.8 Å². The Balaban J connectivity index is 2.21. The van der Waals surface area contributed by atoms with Crippen molar-refractivity contribution in [3.8, 4) is 0 Å². The molecule has 2 aromatic rings. The van der Waals surface area contributed by atoms with E-state index in [1.807, 2.05) is 6.92 Å². The first-order valence-corrected chi connectivity index (χ1v) is 13.6. The molecule has 12 heteroatoms. The van der Waals surface area contributed by atoms with Crippen LogP contribution in [0.5, 0.6) is 0 Å². The van der Waals surface area contributed by atoms with E-state index >= 15 is 0 Å². The Bertz CT molecular complexity index is 1190. The number of nitrogens with zero attached hydrogens (tertiary/aromatic N) is 2. The molecular formula is C25H31F4N3O4S. The molecule has 0 aliphatic carbocycles. The van der Waals surface area contributed by atoms with Crippen LogP contribution in [-0.4, -0.2) is 50.5 Å². The number of sulfonamides is 1. The molecule has 0 unspecified atom stereocenters. The summed E-state index contributed by atoms with van der Waals surface area (Å²) in [6, 6.07) is 8.79. The fourth-order valence-corrected chi connectivity index (χ4v) is 4.59. The van der Waals surface area contributed by atoms with Crippen LogP contribution >= 0.6 is 0 Å². The SMILES string of the molecule is CCCNC(=O)[C@@H](C)N(Cc1ccccc1F)C(=O)CCCN(c1cccc(C(F)(F)F)c1)S(C)(=O)=O. The van der Waals surface area contributed by atoms with E-state index in [2.05, 4.69) is 5.32 Å². The van der Waals surface area contributed by atoms with Crippen LogP contribution in [0.4, 0.5) is 23.2 Å². The second-order valence-corrected chi connectivity index (χ2v) is 10.5. The maximum atomic E-state index is 14.3. The number of amides is 2. The van der Waals surface area contributed by atoms with Gasteiger partial charge < -0.3 is 10.2 Å². The van der Waals surface area contributed by atoms with Crippen LogP contribution in [0.15, 0.2) is 48.5 Å². The van der Waals surface area contributed by atoms with Crippen LogP contribution in [0.25, 0.3) is 0 Å². The lowest BCUT2D eigenvalue weighted by molar-refractivity contribution is -0.140. The van der Waals surface area contributed by atoms with Crippen molar-refractivity contribution in [2.75, 3.05) is 23.7 Å². The zero-order valence-electron chi connectivity index (χ0n) is 20.9. The maximum absolute atomic E-state index is 14.3. The first-order chi connectivity index (χ1) is 17.3. The molecule has 1 N–H and O–H groups in total. The lowest BCUT2D eigenvalue weighted by atomic mass is 10.1. The van der Waals surface area contributed by atoms with Gasteiger partial charge in [0.1, 0.15) is 11.9 Å². The van der Waals surface area contributed by atoms with Gasteiger partial charge in [-0.1, -0.05) is 31.2 Å². The average Bonchev–Trinajstić information content (AvgIpc) is 2.82. The Hall–Kier alpha value is -3.15. The molecule has 0 heterocycles. The number of nitrogens with one attached hydrogen (secondary N) is 1. The van der Waals surface area contributed by atoms with Crippen molar-refractivity contribution in [3.63, 3.8) is 0 Å². The summed E-state index contributed by atoms with van der Waals surface area (Å²) in [7, 11) is -3.97. The fourth-order valence-electron chi connectivity index (χ4n) is 3.63. The lowest BCUT2D eigenvalue weighted by Crippen LogP contribution is -2.48. The molecule has 0 aromatic heterocycles. The highest BCUT2D eigenvalue weighted by Crippen LogP contribution is 2.32. The molecule has 0 aliphatic rings. The summed E-state index contributed by atoms with van der Waals surface area (Å²) in [6.07, 6.45) is -3.38. The van der Waals surface area contributed by atoms with E-state index in [4.69, 9.17) is 0 Å². The number of carbonyl (C=O) groups is 2. The Morgan fingerprint density at radius 1 is 1.08 bits per heavy atom. The normalized spacial score (nSPS) is 12.6. The van der Waals surface area contributed by atoms with E-state index in [-0.39, 0.29) is 37.2 Å². The monoisotopic (exact) mass is 545 g/mol. The molecule has 7 nitrogen and oxygen atoms in total. The third-order valence-electron chi connectivity index (χ3n) is 5.63. The molecule has 2 rings (SSSR count). The van der Waals surface area contributed by atoms with Crippen LogP contribution in [-0.2, 0) is 32.3 Å². The van der Waals surface area contributed by atoms with Crippen LogP contribution in [0, 0.1) is 5.82 Å². The molecule has 0 aliphatic heterocycles. The summed E-state index contributed by atoms with van der Waals surface area (Å²) >= 11 is 0. The van der Waals surface area contributed by atoms with E-state index in [1.54, 1.807) is 6.07 Å². The van der Waals surface area contributed by atoms with Gasteiger partial charge in [0.2, 0.25) is 21.8 Å². The summed E-state index contributed by atoms with van der Waals surface area (Å²) in [4.78, 5) is 26.9. The molecular weight excluding hydrogens is 514 g/mol. The average molecular weight is 546 g/mol. The molecule has 204 valence electrons.